The number of halogens is 1. The molecule has 12 heteroatoms. The summed E-state index contributed by atoms with van der Waals surface area (Å²) in [5.41, 5.74) is 4.90. The molecule has 1 saturated heterocycles. The summed E-state index contributed by atoms with van der Waals surface area (Å²) in [6.07, 6.45) is 1.56. The Labute approximate surface area is 299 Å². The van der Waals surface area contributed by atoms with Crippen molar-refractivity contribution in [2.45, 2.75) is 47.0 Å². The van der Waals surface area contributed by atoms with Crippen molar-refractivity contribution in [2.24, 2.45) is 5.92 Å². The molecule has 2 amide bonds. The molecule has 1 aliphatic rings. The van der Waals surface area contributed by atoms with E-state index in [0.29, 0.717) is 48.4 Å². The van der Waals surface area contributed by atoms with Gasteiger partial charge in [0.2, 0.25) is 17.7 Å². The van der Waals surface area contributed by atoms with E-state index in [0.717, 1.165) is 48.2 Å². The summed E-state index contributed by atoms with van der Waals surface area (Å²) in [5.74, 6) is 0.477. The van der Waals surface area contributed by atoms with Gasteiger partial charge in [0, 0.05) is 48.9 Å². The van der Waals surface area contributed by atoms with Crippen molar-refractivity contribution >= 4 is 29.3 Å². The third-order valence-electron chi connectivity index (χ3n) is 9.14. The highest BCUT2D eigenvalue weighted by atomic mass is 19.1. The first-order valence-electron chi connectivity index (χ1n) is 17.3. The lowest BCUT2D eigenvalue weighted by Crippen LogP contribution is -2.34. The number of methoxy groups -OCH3 is 1. The van der Waals surface area contributed by atoms with Crippen LogP contribution < -0.4 is 24.8 Å². The molecule has 0 bridgehead atoms. The van der Waals surface area contributed by atoms with Crippen molar-refractivity contribution in [3.05, 3.63) is 83.2 Å². The lowest BCUT2D eigenvalue weighted by Gasteiger charge is -2.29. The van der Waals surface area contributed by atoms with Crippen LogP contribution in [-0.4, -0.2) is 78.7 Å². The summed E-state index contributed by atoms with van der Waals surface area (Å²) in [7, 11) is 3.57. The number of hydrogen-bond acceptors (Lipinski definition) is 9. The van der Waals surface area contributed by atoms with Gasteiger partial charge in [0.1, 0.15) is 5.75 Å². The maximum atomic E-state index is 15.2. The Bertz CT molecular complexity index is 1850. The highest BCUT2D eigenvalue weighted by molar-refractivity contribution is 5.88. The Morgan fingerprint density at radius 2 is 1.82 bits per heavy atom. The van der Waals surface area contributed by atoms with Gasteiger partial charge >= 0.3 is 6.09 Å². The largest absolute Gasteiger partial charge is 0.495 e. The molecule has 0 spiro atoms. The first-order chi connectivity index (χ1) is 24.6. The molecule has 4 aromatic rings. The molecular weight excluding hydrogens is 651 g/mol. The van der Waals surface area contributed by atoms with Crippen LogP contribution in [0.3, 0.4) is 0 Å². The molecule has 0 aliphatic carbocycles. The molecule has 11 nitrogen and oxygen atoms in total. The number of amides is 2. The lowest BCUT2D eigenvalue weighted by atomic mass is 10.00. The number of anilines is 3. The van der Waals surface area contributed by atoms with Crippen LogP contribution in [0.4, 0.5) is 26.5 Å². The van der Waals surface area contributed by atoms with Gasteiger partial charge in [-0.2, -0.15) is 4.98 Å². The zero-order valence-electron chi connectivity index (χ0n) is 30.2. The maximum absolute atomic E-state index is 15.2. The number of aromatic nitrogens is 2. The minimum atomic E-state index is -0.812. The number of nitrogens with zero attached hydrogens (tertiary/aromatic N) is 4. The van der Waals surface area contributed by atoms with Crippen LogP contribution >= 0.6 is 0 Å². The van der Waals surface area contributed by atoms with Crippen molar-refractivity contribution in [3.8, 4) is 28.6 Å². The van der Waals surface area contributed by atoms with Crippen molar-refractivity contribution in [3.63, 3.8) is 0 Å². The molecule has 1 fully saturated rings. The molecule has 5 rings (SSSR count). The average Bonchev–Trinajstić information content (AvgIpc) is 3.10. The summed E-state index contributed by atoms with van der Waals surface area (Å²) < 4.78 is 32.2. The van der Waals surface area contributed by atoms with Gasteiger partial charge in [-0.25, -0.2) is 14.2 Å². The molecule has 0 radical (unpaired) electrons. The van der Waals surface area contributed by atoms with E-state index in [4.69, 9.17) is 19.2 Å². The number of benzene rings is 3. The molecular formula is C39H47FN6O5. The van der Waals surface area contributed by atoms with E-state index in [9.17, 15) is 9.59 Å². The Balaban J connectivity index is 1.34. The Morgan fingerprint density at radius 1 is 1.02 bits per heavy atom. The van der Waals surface area contributed by atoms with Gasteiger partial charge in [0.05, 0.1) is 31.5 Å². The Kier molecular flexibility index (Phi) is 12.4. The Hall–Kier alpha value is -5.23. The third kappa shape index (κ3) is 9.72. The lowest BCUT2D eigenvalue weighted by molar-refractivity contribution is -0.130. The number of aryl methyl sites for hydroxylation is 1. The van der Waals surface area contributed by atoms with E-state index in [1.54, 1.807) is 41.3 Å². The molecule has 3 aromatic carbocycles. The zero-order valence-corrected chi connectivity index (χ0v) is 30.2. The van der Waals surface area contributed by atoms with Crippen molar-refractivity contribution in [1.29, 1.82) is 0 Å². The fraction of sp³-hybridized carbons (Fsp3) is 0.385. The average molecular weight is 699 g/mol. The first-order valence-corrected chi connectivity index (χ1v) is 17.3. The van der Waals surface area contributed by atoms with Crippen LogP contribution in [0, 0.1) is 25.6 Å². The predicted molar refractivity (Wildman–Crippen MR) is 197 cm³/mol. The highest BCUT2D eigenvalue weighted by Gasteiger charge is 2.20. The highest BCUT2D eigenvalue weighted by Crippen LogP contribution is 2.31. The zero-order chi connectivity index (χ0) is 36.5. The first kappa shape index (κ1) is 37.0. The Morgan fingerprint density at radius 3 is 2.55 bits per heavy atom. The summed E-state index contributed by atoms with van der Waals surface area (Å²) in [6, 6.07) is 17.2. The van der Waals surface area contributed by atoms with Crippen molar-refractivity contribution < 1.29 is 28.2 Å². The fourth-order valence-corrected chi connectivity index (χ4v) is 6.18. The molecule has 1 aromatic heterocycles. The van der Waals surface area contributed by atoms with Crippen LogP contribution in [0.2, 0.25) is 0 Å². The SMILES string of the molecule is CCN(CC)C(=O)Cc1ccc(NC(=O)Oc2cc(-c3cccc(C)c3C)nc(Nc3ccc(OCC4CCCN(C)C4)c(F)c3)n2)c(OC)c1. The monoisotopic (exact) mass is 698 g/mol. The molecule has 2 N–H and O–H groups in total. The van der Waals surface area contributed by atoms with E-state index >= 15 is 4.39 Å². The quantitative estimate of drug-likeness (QED) is 0.147. The second-order valence-corrected chi connectivity index (χ2v) is 12.8. The van der Waals surface area contributed by atoms with E-state index in [2.05, 4.69) is 27.6 Å². The minimum Gasteiger partial charge on any atom is -0.495 e. The molecule has 270 valence electrons. The van der Waals surface area contributed by atoms with Gasteiger partial charge in [0.15, 0.2) is 11.6 Å². The number of carbonyl (C=O) groups is 2. The van der Waals surface area contributed by atoms with E-state index in [1.165, 1.54) is 13.2 Å². The minimum absolute atomic E-state index is 0.00452. The van der Waals surface area contributed by atoms with Gasteiger partial charge in [-0.3, -0.25) is 10.1 Å². The van der Waals surface area contributed by atoms with Gasteiger partial charge in [-0.1, -0.05) is 24.3 Å². The number of piperidine rings is 1. The molecule has 1 unspecified atom stereocenters. The van der Waals surface area contributed by atoms with Gasteiger partial charge in [-0.05, 0) is 95.1 Å². The normalized spacial score (nSPS) is 14.5. The molecule has 2 heterocycles. The maximum Gasteiger partial charge on any atom is 0.418 e. The third-order valence-corrected chi connectivity index (χ3v) is 9.14. The van der Waals surface area contributed by atoms with Crippen LogP contribution in [0.1, 0.15) is 43.4 Å². The molecule has 0 saturated carbocycles. The second-order valence-electron chi connectivity index (χ2n) is 12.8. The van der Waals surface area contributed by atoms with Crippen molar-refractivity contribution in [1.82, 2.24) is 19.8 Å². The number of rotatable bonds is 13. The van der Waals surface area contributed by atoms with Crippen LogP contribution in [0.5, 0.6) is 17.4 Å². The van der Waals surface area contributed by atoms with Crippen LogP contribution in [0.25, 0.3) is 11.3 Å². The second kappa shape index (κ2) is 17.1. The van der Waals surface area contributed by atoms with Gasteiger partial charge < -0.3 is 29.3 Å². The van der Waals surface area contributed by atoms with E-state index < -0.39 is 11.9 Å². The van der Waals surface area contributed by atoms with E-state index in [1.807, 2.05) is 45.9 Å². The summed E-state index contributed by atoms with van der Waals surface area (Å²) in [6.45, 7) is 11.6. The number of nitrogens with one attached hydrogen (secondary N) is 2. The number of likely N-dealkylation sites (tertiary alicyclic amines) is 1. The van der Waals surface area contributed by atoms with Gasteiger partial charge in [-0.15, -0.1) is 0 Å². The van der Waals surface area contributed by atoms with E-state index in [-0.39, 0.29) is 29.9 Å². The van der Waals surface area contributed by atoms with Gasteiger partial charge in [0.25, 0.3) is 0 Å². The predicted octanol–water partition coefficient (Wildman–Crippen LogP) is 7.39. The standard InChI is InChI=1S/C39H47FN6O5/c1-7-46(8-2)37(47)20-27-14-16-32(35(19-27)49-6)43-39(48)51-36-22-33(30-13-9-11-25(3)26(30)4)42-38(44-36)41-29-15-17-34(31(40)21-29)50-24-28-12-10-18-45(5)23-28/h9,11,13-17,19,21-22,28H,7-8,10,12,18,20,23-24H2,1-6H3,(H,43,48)(H,41,42,44). The molecule has 51 heavy (non-hydrogen) atoms. The van der Waals surface area contributed by atoms with Crippen molar-refractivity contribution in [2.75, 3.05) is 57.6 Å². The fourth-order valence-electron chi connectivity index (χ4n) is 6.18. The summed E-state index contributed by atoms with van der Waals surface area (Å²) in [5, 5.41) is 5.77. The smallest absolute Gasteiger partial charge is 0.418 e. The summed E-state index contributed by atoms with van der Waals surface area (Å²) >= 11 is 0. The summed E-state index contributed by atoms with van der Waals surface area (Å²) in [4.78, 5) is 39.0. The number of hydrogen-bond donors (Lipinski definition) is 2. The van der Waals surface area contributed by atoms with Crippen LogP contribution in [0.15, 0.2) is 60.7 Å². The molecule has 1 atom stereocenters. The molecule has 1 aliphatic heterocycles. The number of likely N-dealkylation sites (N-methyl/N-ethyl adjacent to an activating group) is 1. The van der Waals surface area contributed by atoms with Crippen LogP contribution in [-0.2, 0) is 11.2 Å². The number of carbonyl (C=O) groups excluding carboxylic acids is 2. The topological polar surface area (TPSA) is 118 Å². The number of ether oxygens (including phenoxy) is 3.